The molecule has 3 rings (SSSR count). The van der Waals surface area contributed by atoms with Crippen LogP contribution >= 0.6 is 11.3 Å². The second kappa shape index (κ2) is 11.6. The summed E-state index contributed by atoms with van der Waals surface area (Å²) in [5.41, 5.74) is 4.96. The molecule has 6 nitrogen and oxygen atoms in total. The summed E-state index contributed by atoms with van der Waals surface area (Å²) in [5, 5.41) is 8.64. The van der Waals surface area contributed by atoms with E-state index < -0.39 is 5.91 Å². The Kier molecular flexibility index (Phi) is 8.34. The zero-order valence-electron chi connectivity index (χ0n) is 18.1. The van der Waals surface area contributed by atoms with E-state index in [1.165, 1.54) is 11.3 Å². The maximum absolute atomic E-state index is 12.8. The predicted molar refractivity (Wildman–Crippen MR) is 132 cm³/mol. The largest absolute Gasteiger partial charge is 0.372 e. The molecule has 1 aromatic heterocycles. The zero-order chi connectivity index (χ0) is 22.8. The van der Waals surface area contributed by atoms with Gasteiger partial charge in [0.2, 0.25) is 0 Å². The lowest BCUT2D eigenvalue weighted by molar-refractivity contribution is -0.117. The Morgan fingerprint density at radius 1 is 0.969 bits per heavy atom. The lowest BCUT2D eigenvalue weighted by Crippen LogP contribution is -2.32. The molecule has 7 heteroatoms. The highest BCUT2D eigenvalue weighted by Gasteiger charge is 2.14. The average Bonchev–Trinajstić information content (AvgIpc) is 3.34. The molecule has 3 aromatic rings. The topological polar surface area (TPSA) is 73.8 Å². The van der Waals surface area contributed by atoms with Crippen molar-refractivity contribution in [1.29, 1.82) is 0 Å². The smallest absolute Gasteiger partial charge is 0.287 e. The molecule has 0 saturated carbocycles. The van der Waals surface area contributed by atoms with Crippen LogP contribution in [0.4, 0.5) is 5.69 Å². The minimum atomic E-state index is -0.505. The number of hydrogen-bond donors (Lipinski definition) is 2. The molecule has 1 heterocycles. The Labute approximate surface area is 192 Å². The Balaban J connectivity index is 1.81. The van der Waals surface area contributed by atoms with Gasteiger partial charge in [-0.05, 0) is 61.2 Å². The van der Waals surface area contributed by atoms with Crippen LogP contribution in [0.15, 0.2) is 82.9 Å². The summed E-state index contributed by atoms with van der Waals surface area (Å²) < 4.78 is 0. The molecule has 0 aliphatic rings. The van der Waals surface area contributed by atoms with E-state index in [1.807, 2.05) is 47.8 Å². The van der Waals surface area contributed by atoms with Gasteiger partial charge in [-0.3, -0.25) is 9.59 Å². The summed E-state index contributed by atoms with van der Waals surface area (Å²) in [6.45, 7) is 6.04. The van der Waals surface area contributed by atoms with Crippen molar-refractivity contribution in [2.75, 3.05) is 18.0 Å². The van der Waals surface area contributed by atoms with Gasteiger partial charge in [-0.25, -0.2) is 5.43 Å². The van der Waals surface area contributed by atoms with Crippen LogP contribution in [0.3, 0.4) is 0 Å². The molecule has 0 fully saturated rings. The molecule has 0 unspecified atom stereocenters. The normalized spacial score (nSPS) is 11.4. The maximum Gasteiger partial charge on any atom is 0.287 e. The number of anilines is 1. The van der Waals surface area contributed by atoms with Crippen LogP contribution in [0, 0.1) is 0 Å². The van der Waals surface area contributed by atoms with Gasteiger partial charge in [-0.15, -0.1) is 11.3 Å². The van der Waals surface area contributed by atoms with Gasteiger partial charge in [-0.1, -0.05) is 36.4 Å². The van der Waals surface area contributed by atoms with Crippen molar-refractivity contribution in [2.45, 2.75) is 13.8 Å². The van der Waals surface area contributed by atoms with Crippen LogP contribution in [0.1, 0.15) is 34.6 Å². The predicted octanol–water partition coefficient (Wildman–Crippen LogP) is 4.52. The number of rotatable bonds is 9. The minimum absolute atomic E-state index is 0.109. The molecule has 164 valence electrons. The van der Waals surface area contributed by atoms with E-state index in [0.29, 0.717) is 5.56 Å². The fraction of sp³-hybridized carbons (Fsp3) is 0.160. The second-order valence-corrected chi connectivity index (χ2v) is 7.84. The van der Waals surface area contributed by atoms with Crippen molar-refractivity contribution in [3.8, 4) is 0 Å². The van der Waals surface area contributed by atoms with Crippen molar-refractivity contribution >= 4 is 41.1 Å². The molecule has 0 radical (unpaired) electrons. The molecular weight excluding hydrogens is 420 g/mol. The van der Waals surface area contributed by atoms with Gasteiger partial charge in [-0.2, -0.15) is 5.10 Å². The van der Waals surface area contributed by atoms with Crippen molar-refractivity contribution in [2.24, 2.45) is 5.10 Å². The van der Waals surface area contributed by atoms with Crippen LogP contribution in [0.5, 0.6) is 0 Å². The van der Waals surface area contributed by atoms with Gasteiger partial charge in [0, 0.05) is 29.2 Å². The molecule has 0 spiro atoms. The van der Waals surface area contributed by atoms with E-state index in [2.05, 4.69) is 34.6 Å². The van der Waals surface area contributed by atoms with Crippen molar-refractivity contribution < 1.29 is 9.59 Å². The van der Waals surface area contributed by atoms with Crippen molar-refractivity contribution in [3.05, 3.63) is 93.8 Å². The standard InChI is InChI=1S/C25H26N4O2S/c1-3-29(4-2)21-14-12-19(13-15-21)17-23(27-24(30)20-9-6-5-7-10-20)25(31)28-26-18-22-11-8-16-32-22/h5-18H,3-4H2,1-2H3,(H,27,30)(H,28,31)/b23-17-,26-18?. The van der Waals surface area contributed by atoms with Gasteiger partial charge >= 0.3 is 0 Å². The lowest BCUT2D eigenvalue weighted by Gasteiger charge is -2.20. The molecule has 0 bridgehead atoms. The van der Waals surface area contributed by atoms with E-state index in [0.717, 1.165) is 29.2 Å². The second-order valence-electron chi connectivity index (χ2n) is 6.86. The molecule has 0 saturated heterocycles. The maximum atomic E-state index is 12.8. The fourth-order valence-corrected chi connectivity index (χ4v) is 3.64. The monoisotopic (exact) mass is 446 g/mol. The van der Waals surface area contributed by atoms with Crippen LogP contribution in [0.25, 0.3) is 6.08 Å². The zero-order valence-corrected chi connectivity index (χ0v) is 18.9. The molecular formula is C25H26N4O2S. The number of thiophene rings is 1. The summed E-state index contributed by atoms with van der Waals surface area (Å²) in [4.78, 5) is 28.6. The van der Waals surface area contributed by atoms with E-state index in [-0.39, 0.29) is 11.6 Å². The van der Waals surface area contributed by atoms with E-state index in [4.69, 9.17) is 0 Å². The summed E-state index contributed by atoms with van der Waals surface area (Å²) in [7, 11) is 0. The van der Waals surface area contributed by atoms with Crippen LogP contribution in [0.2, 0.25) is 0 Å². The number of hydrazone groups is 1. The van der Waals surface area contributed by atoms with Crippen molar-refractivity contribution in [3.63, 3.8) is 0 Å². The number of benzene rings is 2. The highest BCUT2D eigenvalue weighted by molar-refractivity contribution is 7.11. The Bertz CT molecular complexity index is 1070. The first-order valence-corrected chi connectivity index (χ1v) is 11.3. The number of nitrogens with one attached hydrogen (secondary N) is 2. The molecule has 0 aliphatic heterocycles. The first-order valence-electron chi connectivity index (χ1n) is 10.4. The van der Waals surface area contributed by atoms with E-state index in [9.17, 15) is 9.59 Å². The Morgan fingerprint density at radius 2 is 1.69 bits per heavy atom. The van der Waals surface area contributed by atoms with Gasteiger partial charge in [0.1, 0.15) is 5.70 Å². The highest BCUT2D eigenvalue weighted by Crippen LogP contribution is 2.16. The fourth-order valence-electron chi connectivity index (χ4n) is 3.06. The van der Waals surface area contributed by atoms with Crippen LogP contribution in [-0.2, 0) is 4.79 Å². The lowest BCUT2D eigenvalue weighted by atomic mass is 10.1. The van der Waals surface area contributed by atoms with Gasteiger partial charge in [0.05, 0.1) is 6.21 Å². The van der Waals surface area contributed by atoms with Gasteiger partial charge in [0.15, 0.2) is 0 Å². The SMILES string of the molecule is CCN(CC)c1ccc(/C=C(\NC(=O)c2ccccc2)C(=O)NN=Cc2cccs2)cc1. The summed E-state index contributed by atoms with van der Waals surface area (Å²) in [6, 6.07) is 20.4. The molecule has 0 aliphatic carbocycles. The molecule has 0 atom stereocenters. The van der Waals surface area contributed by atoms with E-state index >= 15 is 0 Å². The third-order valence-corrected chi connectivity index (χ3v) is 5.57. The molecule has 32 heavy (non-hydrogen) atoms. The number of amides is 2. The minimum Gasteiger partial charge on any atom is -0.372 e. The van der Waals surface area contributed by atoms with E-state index in [1.54, 1.807) is 36.6 Å². The van der Waals surface area contributed by atoms with Crippen LogP contribution in [-0.4, -0.2) is 31.1 Å². The van der Waals surface area contributed by atoms with Crippen LogP contribution < -0.4 is 15.6 Å². The molecule has 2 aromatic carbocycles. The Morgan fingerprint density at radius 3 is 2.31 bits per heavy atom. The first-order chi connectivity index (χ1) is 15.6. The average molecular weight is 447 g/mol. The number of carbonyl (C=O) groups is 2. The van der Waals surface area contributed by atoms with Gasteiger partial charge < -0.3 is 10.2 Å². The molecule has 2 N–H and O–H groups in total. The third kappa shape index (κ3) is 6.39. The highest BCUT2D eigenvalue weighted by atomic mass is 32.1. The first kappa shape index (κ1) is 23.0. The van der Waals surface area contributed by atoms with Crippen molar-refractivity contribution in [1.82, 2.24) is 10.7 Å². The summed E-state index contributed by atoms with van der Waals surface area (Å²) in [6.07, 6.45) is 3.21. The number of hydrogen-bond acceptors (Lipinski definition) is 5. The summed E-state index contributed by atoms with van der Waals surface area (Å²) >= 11 is 1.51. The number of carbonyl (C=O) groups excluding carboxylic acids is 2. The number of nitrogens with zero attached hydrogens (tertiary/aromatic N) is 2. The summed E-state index contributed by atoms with van der Waals surface area (Å²) in [5.74, 6) is -0.871. The quantitative estimate of drug-likeness (QED) is 0.288. The Hall–Kier alpha value is -3.71. The molecule has 2 amide bonds. The third-order valence-electron chi connectivity index (χ3n) is 4.76. The van der Waals surface area contributed by atoms with Gasteiger partial charge in [0.25, 0.3) is 11.8 Å².